The van der Waals surface area contributed by atoms with Gasteiger partial charge in [-0.2, -0.15) is 5.10 Å². The molecule has 0 unspecified atom stereocenters. The third-order valence-electron chi connectivity index (χ3n) is 2.99. The molecule has 0 radical (unpaired) electrons. The molecule has 2 rings (SSSR count). The maximum Gasteiger partial charge on any atom is 0.255 e. The number of hydrogen-bond acceptors (Lipinski definition) is 5. The maximum atomic E-state index is 12.1. The first-order chi connectivity index (χ1) is 9.97. The molecule has 0 aliphatic heterocycles. The molecule has 1 aromatic heterocycles. The van der Waals surface area contributed by atoms with Crippen molar-refractivity contribution in [2.75, 3.05) is 31.7 Å². The molecule has 0 saturated heterocycles. The zero-order chi connectivity index (χ0) is 15.4. The van der Waals surface area contributed by atoms with Gasteiger partial charge >= 0.3 is 0 Å². The molecular weight excluding hydrogens is 268 g/mol. The lowest BCUT2D eigenvalue weighted by atomic mass is 10.1. The second kappa shape index (κ2) is 6.25. The third-order valence-corrected chi connectivity index (χ3v) is 2.99. The molecule has 0 bridgehead atoms. The van der Waals surface area contributed by atoms with Gasteiger partial charge in [-0.1, -0.05) is 0 Å². The van der Waals surface area contributed by atoms with E-state index in [0.29, 0.717) is 24.2 Å². The molecule has 0 fully saturated rings. The number of amides is 1. The number of carbonyl (C=O) groups excluding carboxylic acids is 1. The summed E-state index contributed by atoms with van der Waals surface area (Å²) in [5.41, 5.74) is 7.74. The van der Waals surface area contributed by atoms with Crippen molar-refractivity contribution >= 4 is 17.3 Å². The molecule has 0 atom stereocenters. The van der Waals surface area contributed by atoms with Crippen LogP contribution in [0.25, 0.3) is 0 Å². The highest BCUT2D eigenvalue weighted by molar-refractivity contribution is 5.99. The first-order valence-electron chi connectivity index (χ1n) is 6.67. The van der Waals surface area contributed by atoms with E-state index in [9.17, 15) is 4.79 Å². The van der Waals surface area contributed by atoms with Gasteiger partial charge in [0.2, 0.25) is 0 Å². The molecule has 3 N–H and O–H groups in total. The quantitative estimate of drug-likeness (QED) is 0.793. The van der Waals surface area contributed by atoms with Gasteiger partial charge in [-0.25, -0.2) is 4.98 Å². The predicted octanol–water partition coefficient (Wildman–Crippen LogP) is 0.754. The second-order valence-electron chi connectivity index (χ2n) is 5.02. The van der Waals surface area contributed by atoms with Crippen molar-refractivity contribution in [3.8, 4) is 0 Å². The number of nitrogen functional groups attached to an aromatic ring is 1. The molecule has 1 heterocycles. The lowest BCUT2D eigenvalue weighted by Crippen LogP contribution is -2.23. The number of aryl methyl sites for hydroxylation is 1. The highest BCUT2D eigenvalue weighted by atomic mass is 16.2. The van der Waals surface area contributed by atoms with Crippen LogP contribution < -0.4 is 11.1 Å². The number of nitrogens with zero attached hydrogens (tertiary/aromatic N) is 4. The zero-order valence-electron chi connectivity index (χ0n) is 12.5. The van der Waals surface area contributed by atoms with Crippen molar-refractivity contribution in [1.29, 1.82) is 0 Å². The van der Waals surface area contributed by atoms with E-state index in [1.165, 1.54) is 4.90 Å². The average molecular weight is 288 g/mol. The first kappa shape index (κ1) is 14.8. The summed E-state index contributed by atoms with van der Waals surface area (Å²) in [6.07, 6.45) is 2.34. The number of rotatable bonds is 5. The van der Waals surface area contributed by atoms with E-state index in [0.717, 1.165) is 11.5 Å². The molecule has 21 heavy (non-hydrogen) atoms. The number of hydrogen-bond donors (Lipinski definition) is 2. The Kier molecular flexibility index (Phi) is 4.42. The topological polar surface area (TPSA) is 89.1 Å². The number of aromatic nitrogens is 3. The summed E-state index contributed by atoms with van der Waals surface area (Å²) in [7, 11) is 5.27. The Balaban J connectivity index is 2.07. The average Bonchev–Trinajstić information content (AvgIpc) is 2.84. The normalized spacial score (nSPS) is 10.4. The summed E-state index contributed by atoms with van der Waals surface area (Å²) in [6, 6.07) is 5.23. The SMILES string of the molecule is CN(C)C(=O)c1ccc(N)cc1NCCc1ncn(C)n1. The van der Waals surface area contributed by atoms with Crippen LogP contribution in [0.5, 0.6) is 0 Å². The number of nitrogens with one attached hydrogen (secondary N) is 1. The van der Waals surface area contributed by atoms with Crippen LogP contribution in [-0.4, -0.2) is 46.2 Å². The predicted molar refractivity (Wildman–Crippen MR) is 82.1 cm³/mol. The van der Waals surface area contributed by atoms with Crippen LogP contribution in [0, 0.1) is 0 Å². The molecule has 1 aromatic carbocycles. The fourth-order valence-electron chi connectivity index (χ4n) is 1.94. The standard InChI is InChI=1S/C14H20N6O/c1-19(2)14(21)11-5-4-10(15)8-12(11)16-7-6-13-17-9-20(3)18-13/h4-5,8-9,16H,6-7,15H2,1-3H3. The zero-order valence-corrected chi connectivity index (χ0v) is 12.5. The number of nitrogens with two attached hydrogens (primary N) is 1. The number of carbonyl (C=O) groups is 1. The fourth-order valence-corrected chi connectivity index (χ4v) is 1.94. The van der Waals surface area contributed by atoms with Gasteiger partial charge in [0.25, 0.3) is 5.91 Å². The Morgan fingerprint density at radius 2 is 2.19 bits per heavy atom. The molecule has 1 amide bonds. The van der Waals surface area contributed by atoms with Crippen LogP contribution in [-0.2, 0) is 13.5 Å². The molecule has 0 spiro atoms. The van der Waals surface area contributed by atoms with Gasteiger partial charge in [0.15, 0.2) is 5.82 Å². The monoisotopic (exact) mass is 288 g/mol. The van der Waals surface area contributed by atoms with Crippen LogP contribution in [0.2, 0.25) is 0 Å². The van der Waals surface area contributed by atoms with E-state index in [4.69, 9.17) is 5.73 Å². The first-order valence-corrected chi connectivity index (χ1v) is 6.67. The van der Waals surface area contributed by atoms with Crippen LogP contribution in [0.4, 0.5) is 11.4 Å². The minimum absolute atomic E-state index is 0.0616. The van der Waals surface area contributed by atoms with Crippen molar-refractivity contribution in [2.45, 2.75) is 6.42 Å². The third kappa shape index (κ3) is 3.71. The van der Waals surface area contributed by atoms with Gasteiger partial charge in [-0.05, 0) is 18.2 Å². The Labute approximate surface area is 123 Å². The molecular formula is C14H20N6O. The summed E-state index contributed by atoms with van der Waals surface area (Å²) in [5, 5.41) is 7.44. The molecule has 2 aromatic rings. The minimum atomic E-state index is -0.0616. The largest absolute Gasteiger partial charge is 0.399 e. The lowest BCUT2D eigenvalue weighted by Gasteiger charge is -2.15. The Bertz CT molecular complexity index is 634. The van der Waals surface area contributed by atoms with E-state index in [1.807, 2.05) is 7.05 Å². The van der Waals surface area contributed by atoms with E-state index in [1.54, 1.807) is 43.3 Å². The van der Waals surface area contributed by atoms with Gasteiger partial charge in [0, 0.05) is 45.5 Å². The van der Waals surface area contributed by atoms with Crippen LogP contribution in [0.15, 0.2) is 24.5 Å². The molecule has 7 nitrogen and oxygen atoms in total. The Hall–Kier alpha value is -2.57. The highest BCUT2D eigenvalue weighted by Gasteiger charge is 2.13. The van der Waals surface area contributed by atoms with E-state index < -0.39 is 0 Å². The Morgan fingerprint density at radius 1 is 1.43 bits per heavy atom. The highest BCUT2D eigenvalue weighted by Crippen LogP contribution is 2.20. The summed E-state index contributed by atoms with van der Waals surface area (Å²) in [6.45, 7) is 0.626. The Morgan fingerprint density at radius 3 is 2.81 bits per heavy atom. The fraction of sp³-hybridized carbons (Fsp3) is 0.357. The van der Waals surface area contributed by atoms with E-state index in [2.05, 4.69) is 15.4 Å². The van der Waals surface area contributed by atoms with Gasteiger partial charge < -0.3 is 16.0 Å². The van der Waals surface area contributed by atoms with Crippen molar-refractivity contribution in [3.05, 3.63) is 35.9 Å². The molecule has 0 saturated carbocycles. The smallest absolute Gasteiger partial charge is 0.255 e. The minimum Gasteiger partial charge on any atom is -0.399 e. The summed E-state index contributed by atoms with van der Waals surface area (Å²) in [5.74, 6) is 0.697. The lowest BCUT2D eigenvalue weighted by molar-refractivity contribution is 0.0828. The molecule has 0 aliphatic rings. The van der Waals surface area contributed by atoms with Crippen LogP contribution >= 0.6 is 0 Å². The van der Waals surface area contributed by atoms with Crippen molar-refractivity contribution in [3.63, 3.8) is 0 Å². The van der Waals surface area contributed by atoms with Crippen LogP contribution in [0.1, 0.15) is 16.2 Å². The van der Waals surface area contributed by atoms with Crippen molar-refractivity contribution < 1.29 is 4.79 Å². The van der Waals surface area contributed by atoms with Crippen LogP contribution in [0.3, 0.4) is 0 Å². The summed E-state index contributed by atoms with van der Waals surface area (Å²) >= 11 is 0. The van der Waals surface area contributed by atoms with Crippen molar-refractivity contribution in [1.82, 2.24) is 19.7 Å². The van der Waals surface area contributed by atoms with Gasteiger partial charge in [-0.3, -0.25) is 9.48 Å². The number of anilines is 2. The van der Waals surface area contributed by atoms with Crippen molar-refractivity contribution in [2.24, 2.45) is 7.05 Å². The van der Waals surface area contributed by atoms with Gasteiger partial charge in [0.1, 0.15) is 6.33 Å². The summed E-state index contributed by atoms with van der Waals surface area (Å²) in [4.78, 5) is 17.8. The van der Waals surface area contributed by atoms with E-state index in [-0.39, 0.29) is 5.91 Å². The molecule has 7 heteroatoms. The number of benzene rings is 1. The molecule has 0 aliphatic carbocycles. The van der Waals surface area contributed by atoms with Gasteiger partial charge in [-0.15, -0.1) is 0 Å². The maximum absolute atomic E-state index is 12.1. The molecule has 112 valence electrons. The van der Waals surface area contributed by atoms with E-state index >= 15 is 0 Å². The second-order valence-corrected chi connectivity index (χ2v) is 5.02. The van der Waals surface area contributed by atoms with Gasteiger partial charge in [0.05, 0.1) is 5.56 Å². The summed E-state index contributed by atoms with van der Waals surface area (Å²) < 4.78 is 1.66.